The van der Waals surface area contributed by atoms with Gasteiger partial charge in [0.05, 0.1) is 5.69 Å². The van der Waals surface area contributed by atoms with Gasteiger partial charge in [0.15, 0.2) is 0 Å². The molecular weight excluding hydrogens is 312 g/mol. The average molecular weight is 326 g/mol. The van der Waals surface area contributed by atoms with Crippen LogP contribution < -0.4 is 10.2 Å². The first kappa shape index (κ1) is 15.3. The van der Waals surface area contributed by atoms with Gasteiger partial charge in [0, 0.05) is 12.1 Å². The molecule has 0 bridgehead atoms. The number of thioether (sulfide) groups is 1. The van der Waals surface area contributed by atoms with Gasteiger partial charge in [-0.3, -0.25) is 14.4 Å². The van der Waals surface area contributed by atoms with Crippen molar-refractivity contribution in [2.75, 3.05) is 10.2 Å². The van der Waals surface area contributed by atoms with Crippen LogP contribution in [0.4, 0.5) is 16.2 Å². The lowest BCUT2D eigenvalue weighted by Gasteiger charge is -2.13. The van der Waals surface area contributed by atoms with Crippen LogP contribution in [0.1, 0.15) is 6.42 Å². The maximum atomic E-state index is 12.4. The molecule has 1 heterocycles. The SMILES string of the molecule is O=C(C[C@@H]1SC(=O)N(c2ccccc2)C1=O)Nc1ccccc1. The second-order valence-corrected chi connectivity index (χ2v) is 6.15. The summed E-state index contributed by atoms with van der Waals surface area (Å²) in [6, 6.07) is 17.7. The molecule has 1 N–H and O–H groups in total. The molecule has 0 aliphatic carbocycles. The summed E-state index contributed by atoms with van der Waals surface area (Å²) in [6.07, 6.45) is -0.0343. The Hall–Kier alpha value is -2.60. The van der Waals surface area contributed by atoms with Gasteiger partial charge >= 0.3 is 0 Å². The molecule has 0 unspecified atom stereocenters. The van der Waals surface area contributed by atoms with Gasteiger partial charge in [0.1, 0.15) is 5.25 Å². The summed E-state index contributed by atoms with van der Waals surface area (Å²) in [6.45, 7) is 0. The van der Waals surface area contributed by atoms with Gasteiger partial charge < -0.3 is 5.32 Å². The van der Waals surface area contributed by atoms with E-state index in [4.69, 9.17) is 0 Å². The molecule has 1 atom stereocenters. The molecule has 5 nitrogen and oxygen atoms in total. The van der Waals surface area contributed by atoms with E-state index in [-0.39, 0.29) is 23.5 Å². The number of para-hydroxylation sites is 2. The minimum atomic E-state index is -0.689. The number of hydrogen-bond acceptors (Lipinski definition) is 4. The summed E-state index contributed by atoms with van der Waals surface area (Å²) in [4.78, 5) is 37.7. The number of carbonyl (C=O) groups excluding carboxylic acids is 3. The molecule has 1 aliphatic heterocycles. The van der Waals surface area contributed by atoms with Crippen molar-refractivity contribution in [3.63, 3.8) is 0 Å². The minimum Gasteiger partial charge on any atom is -0.326 e. The second kappa shape index (κ2) is 6.66. The zero-order valence-electron chi connectivity index (χ0n) is 12.1. The number of hydrogen-bond donors (Lipinski definition) is 1. The van der Waals surface area contributed by atoms with Crippen molar-refractivity contribution >= 4 is 40.2 Å². The number of imide groups is 1. The van der Waals surface area contributed by atoms with E-state index in [1.807, 2.05) is 24.3 Å². The van der Waals surface area contributed by atoms with E-state index in [1.54, 1.807) is 36.4 Å². The molecule has 23 heavy (non-hydrogen) atoms. The van der Waals surface area contributed by atoms with E-state index in [0.717, 1.165) is 16.7 Å². The Morgan fingerprint density at radius 1 is 1.00 bits per heavy atom. The van der Waals surface area contributed by atoms with Gasteiger partial charge in [0.2, 0.25) is 11.8 Å². The van der Waals surface area contributed by atoms with E-state index in [1.165, 1.54) is 0 Å². The van der Waals surface area contributed by atoms with E-state index < -0.39 is 5.25 Å². The predicted octanol–water partition coefficient (Wildman–Crippen LogP) is 3.28. The lowest BCUT2D eigenvalue weighted by molar-refractivity contribution is -0.121. The Kier molecular flexibility index (Phi) is 4.43. The highest BCUT2D eigenvalue weighted by Crippen LogP contribution is 2.33. The first-order chi connectivity index (χ1) is 11.1. The minimum absolute atomic E-state index is 0.0343. The van der Waals surface area contributed by atoms with Crippen LogP contribution in [0.3, 0.4) is 0 Å². The van der Waals surface area contributed by atoms with Crippen LogP contribution in [0.2, 0.25) is 0 Å². The maximum absolute atomic E-state index is 12.4. The predicted molar refractivity (Wildman–Crippen MR) is 90.4 cm³/mol. The van der Waals surface area contributed by atoms with E-state index in [2.05, 4.69) is 5.32 Å². The van der Waals surface area contributed by atoms with Crippen molar-refractivity contribution < 1.29 is 14.4 Å². The van der Waals surface area contributed by atoms with Gasteiger partial charge in [-0.25, -0.2) is 4.90 Å². The molecule has 1 aliphatic rings. The van der Waals surface area contributed by atoms with Crippen molar-refractivity contribution in [3.05, 3.63) is 60.7 Å². The topological polar surface area (TPSA) is 66.5 Å². The Morgan fingerprint density at radius 3 is 2.26 bits per heavy atom. The largest absolute Gasteiger partial charge is 0.326 e. The van der Waals surface area contributed by atoms with Crippen molar-refractivity contribution in [3.8, 4) is 0 Å². The number of rotatable bonds is 4. The number of nitrogens with one attached hydrogen (secondary N) is 1. The number of amides is 3. The van der Waals surface area contributed by atoms with Crippen LogP contribution in [-0.4, -0.2) is 22.3 Å². The van der Waals surface area contributed by atoms with Gasteiger partial charge in [-0.05, 0) is 36.0 Å². The first-order valence-corrected chi connectivity index (χ1v) is 7.97. The Balaban J connectivity index is 1.67. The second-order valence-electron chi connectivity index (χ2n) is 5.00. The Morgan fingerprint density at radius 2 is 1.61 bits per heavy atom. The molecule has 0 saturated carbocycles. The fourth-order valence-corrected chi connectivity index (χ4v) is 3.28. The molecule has 0 radical (unpaired) electrons. The molecule has 3 amide bonds. The highest BCUT2D eigenvalue weighted by Gasteiger charge is 2.41. The molecule has 2 aromatic carbocycles. The molecule has 1 saturated heterocycles. The Bertz CT molecular complexity index is 734. The van der Waals surface area contributed by atoms with Gasteiger partial charge in [-0.1, -0.05) is 36.4 Å². The van der Waals surface area contributed by atoms with Crippen LogP contribution in [0.25, 0.3) is 0 Å². The summed E-state index contributed by atoms with van der Waals surface area (Å²) in [5.41, 5.74) is 1.19. The number of nitrogens with zero attached hydrogens (tertiary/aromatic N) is 1. The summed E-state index contributed by atoms with van der Waals surface area (Å²) in [7, 11) is 0. The maximum Gasteiger partial charge on any atom is 0.293 e. The smallest absolute Gasteiger partial charge is 0.293 e. The van der Waals surface area contributed by atoms with Crippen LogP contribution in [0.15, 0.2) is 60.7 Å². The highest BCUT2D eigenvalue weighted by atomic mass is 32.2. The summed E-state index contributed by atoms with van der Waals surface area (Å²) in [5, 5.41) is 1.69. The number of anilines is 2. The third-order valence-corrected chi connectivity index (χ3v) is 4.40. The zero-order valence-corrected chi connectivity index (χ0v) is 13.0. The van der Waals surface area contributed by atoms with Crippen molar-refractivity contribution in [1.29, 1.82) is 0 Å². The normalized spacial score (nSPS) is 17.4. The molecule has 116 valence electrons. The number of carbonyl (C=O) groups is 3. The van der Waals surface area contributed by atoms with Gasteiger partial charge in [-0.15, -0.1) is 0 Å². The van der Waals surface area contributed by atoms with E-state index >= 15 is 0 Å². The number of benzene rings is 2. The van der Waals surface area contributed by atoms with Crippen molar-refractivity contribution in [1.82, 2.24) is 0 Å². The lowest BCUT2D eigenvalue weighted by atomic mass is 10.2. The van der Waals surface area contributed by atoms with Gasteiger partial charge in [-0.2, -0.15) is 0 Å². The van der Waals surface area contributed by atoms with Crippen molar-refractivity contribution in [2.24, 2.45) is 0 Å². The molecule has 3 rings (SSSR count). The van der Waals surface area contributed by atoms with Crippen LogP contribution >= 0.6 is 11.8 Å². The van der Waals surface area contributed by atoms with Gasteiger partial charge in [0.25, 0.3) is 5.24 Å². The third kappa shape index (κ3) is 3.43. The van der Waals surface area contributed by atoms with E-state index in [0.29, 0.717) is 11.4 Å². The fourth-order valence-electron chi connectivity index (χ4n) is 2.30. The quantitative estimate of drug-likeness (QED) is 0.936. The third-order valence-electron chi connectivity index (χ3n) is 3.36. The van der Waals surface area contributed by atoms with E-state index in [9.17, 15) is 14.4 Å². The van der Waals surface area contributed by atoms with Crippen LogP contribution in [0.5, 0.6) is 0 Å². The first-order valence-electron chi connectivity index (χ1n) is 7.09. The summed E-state index contributed by atoms with van der Waals surface area (Å²) in [5.74, 6) is -0.640. The average Bonchev–Trinajstić information content (AvgIpc) is 2.83. The molecule has 6 heteroatoms. The molecular formula is C17H14N2O3S. The molecule has 2 aromatic rings. The lowest BCUT2D eigenvalue weighted by Crippen LogP contribution is -2.32. The Labute approximate surface area is 137 Å². The summed E-state index contributed by atoms with van der Waals surface area (Å²) >= 11 is 0.892. The standard InChI is InChI=1S/C17H14N2O3S/c20-15(18-12-7-3-1-4-8-12)11-14-16(21)19(17(22)23-14)13-9-5-2-6-10-13/h1-10,14H,11H2,(H,18,20)/t14-/m0/s1. The zero-order chi connectivity index (χ0) is 16.2. The molecule has 1 fully saturated rings. The molecule has 0 aromatic heterocycles. The molecule has 0 spiro atoms. The van der Waals surface area contributed by atoms with Crippen LogP contribution in [-0.2, 0) is 9.59 Å². The van der Waals surface area contributed by atoms with Crippen molar-refractivity contribution in [2.45, 2.75) is 11.7 Å². The van der Waals surface area contributed by atoms with Crippen LogP contribution in [0, 0.1) is 0 Å². The summed E-state index contributed by atoms with van der Waals surface area (Å²) < 4.78 is 0. The highest BCUT2D eigenvalue weighted by molar-refractivity contribution is 8.15. The fraction of sp³-hybridized carbons (Fsp3) is 0.118. The monoisotopic (exact) mass is 326 g/mol.